The molecule has 21 heavy (non-hydrogen) atoms. The molecule has 0 radical (unpaired) electrons. The number of nitrogens with two attached hydrogens (primary N) is 1. The Labute approximate surface area is 126 Å². The molecule has 1 amide bonds. The average molecular weight is 300 g/mol. The van der Waals surface area contributed by atoms with Crippen molar-refractivity contribution in [2.75, 3.05) is 5.32 Å². The topological polar surface area (TPSA) is 72.4 Å². The van der Waals surface area contributed by atoms with Crippen molar-refractivity contribution in [3.8, 4) is 0 Å². The van der Waals surface area contributed by atoms with Crippen LogP contribution in [0.15, 0.2) is 29.8 Å². The fraction of sp³-hybridized carbons (Fsp3) is 0.200. The third-order valence-corrected chi connectivity index (χ3v) is 4.28. The monoisotopic (exact) mass is 300 g/mol. The molecule has 3 N–H and O–H groups in total. The van der Waals surface area contributed by atoms with E-state index in [4.69, 9.17) is 5.73 Å². The molecule has 0 aliphatic heterocycles. The van der Waals surface area contributed by atoms with Crippen molar-refractivity contribution in [1.82, 2.24) is 9.38 Å². The second kappa shape index (κ2) is 5.21. The van der Waals surface area contributed by atoms with Gasteiger partial charge in [-0.1, -0.05) is 0 Å². The molecular formula is C15H16N4OS. The number of nitrogens with zero attached hydrogens (tertiary/aromatic N) is 2. The van der Waals surface area contributed by atoms with Crippen LogP contribution in [0.5, 0.6) is 0 Å². The lowest BCUT2D eigenvalue weighted by Gasteiger charge is -2.10. The van der Waals surface area contributed by atoms with Gasteiger partial charge in [0, 0.05) is 22.8 Å². The van der Waals surface area contributed by atoms with Crippen molar-refractivity contribution in [1.29, 1.82) is 0 Å². The predicted octanol–water partition coefficient (Wildman–Crippen LogP) is 2.72. The van der Waals surface area contributed by atoms with Crippen LogP contribution in [0.2, 0.25) is 0 Å². The molecule has 1 aromatic carbocycles. The van der Waals surface area contributed by atoms with Crippen LogP contribution in [0, 0.1) is 13.8 Å². The second-order valence-electron chi connectivity index (χ2n) is 4.95. The minimum Gasteiger partial charge on any atom is -0.379 e. The SMILES string of the molecule is Cc1cc(C(N)=O)ccc1NCc1c(C)nc2sccn12. The lowest BCUT2D eigenvalue weighted by Crippen LogP contribution is -2.11. The Morgan fingerprint density at radius 1 is 1.43 bits per heavy atom. The molecule has 2 heterocycles. The summed E-state index contributed by atoms with van der Waals surface area (Å²) in [5.74, 6) is -0.406. The van der Waals surface area contributed by atoms with E-state index >= 15 is 0 Å². The molecule has 3 aromatic rings. The van der Waals surface area contributed by atoms with Crippen molar-refractivity contribution in [2.45, 2.75) is 20.4 Å². The van der Waals surface area contributed by atoms with E-state index in [0.29, 0.717) is 12.1 Å². The van der Waals surface area contributed by atoms with Crippen molar-refractivity contribution in [2.24, 2.45) is 5.73 Å². The summed E-state index contributed by atoms with van der Waals surface area (Å²) >= 11 is 1.62. The average Bonchev–Trinajstić information content (AvgIpc) is 2.98. The van der Waals surface area contributed by atoms with Crippen molar-refractivity contribution >= 4 is 27.9 Å². The number of anilines is 1. The Morgan fingerprint density at radius 3 is 2.95 bits per heavy atom. The minimum atomic E-state index is -0.406. The summed E-state index contributed by atoms with van der Waals surface area (Å²) in [6, 6.07) is 5.42. The number of aryl methyl sites for hydroxylation is 2. The number of primary amides is 1. The Kier molecular flexibility index (Phi) is 3.39. The zero-order valence-electron chi connectivity index (χ0n) is 11.9. The molecule has 0 aliphatic carbocycles. The molecule has 6 heteroatoms. The van der Waals surface area contributed by atoms with E-state index in [2.05, 4.69) is 14.7 Å². The van der Waals surface area contributed by atoms with Crippen LogP contribution in [-0.2, 0) is 6.54 Å². The van der Waals surface area contributed by atoms with Crippen molar-refractivity contribution < 1.29 is 4.79 Å². The molecule has 2 aromatic heterocycles. The van der Waals surface area contributed by atoms with E-state index in [-0.39, 0.29) is 0 Å². The smallest absolute Gasteiger partial charge is 0.248 e. The quantitative estimate of drug-likeness (QED) is 0.778. The van der Waals surface area contributed by atoms with Gasteiger partial charge in [0.25, 0.3) is 0 Å². The number of amides is 1. The summed E-state index contributed by atoms with van der Waals surface area (Å²) in [6.07, 6.45) is 2.03. The van der Waals surface area contributed by atoms with Gasteiger partial charge in [0.15, 0.2) is 4.96 Å². The number of hydrogen-bond acceptors (Lipinski definition) is 4. The molecule has 108 valence electrons. The maximum Gasteiger partial charge on any atom is 0.248 e. The maximum absolute atomic E-state index is 11.2. The van der Waals surface area contributed by atoms with E-state index in [1.54, 1.807) is 23.5 Å². The number of hydrogen-bond donors (Lipinski definition) is 2. The first-order chi connectivity index (χ1) is 10.1. The standard InChI is InChI=1S/C15H16N4OS/c1-9-7-11(14(16)20)3-4-12(9)17-8-13-10(2)18-15-19(13)5-6-21-15/h3-7,17H,8H2,1-2H3,(H2,16,20). The first-order valence-corrected chi connectivity index (χ1v) is 7.49. The van der Waals surface area contributed by atoms with Gasteiger partial charge in [-0.25, -0.2) is 4.98 Å². The molecule has 3 rings (SSSR count). The number of thiazole rings is 1. The molecule has 0 atom stereocenters. The van der Waals surface area contributed by atoms with Gasteiger partial charge in [-0.2, -0.15) is 0 Å². The third kappa shape index (κ3) is 2.50. The molecule has 0 unspecified atom stereocenters. The van der Waals surface area contributed by atoms with Crippen LogP contribution in [0.3, 0.4) is 0 Å². The van der Waals surface area contributed by atoms with Crippen molar-refractivity contribution in [3.05, 3.63) is 52.3 Å². The Morgan fingerprint density at radius 2 is 2.24 bits per heavy atom. The molecule has 0 saturated heterocycles. The summed E-state index contributed by atoms with van der Waals surface area (Å²) in [6.45, 7) is 4.65. The second-order valence-corrected chi connectivity index (χ2v) is 5.82. The highest BCUT2D eigenvalue weighted by molar-refractivity contribution is 7.15. The fourth-order valence-corrected chi connectivity index (χ4v) is 3.13. The molecular weight excluding hydrogens is 284 g/mol. The van der Waals surface area contributed by atoms with Gasteiger partial charge in [-0.3, -0.25) is 9.20 Å². The number of nitrogens with one attached hydrogen (secondary N) is 1. The molecule has 0 saturated carbocycles. The number of benzene rings is 1. The number of fused-ring (bicyclic) bond motifs is 1. The summed E-state index contributed by atoms with van der Waals surface area (Å²) in [5, 5.41) is 5.42. The van der Waals surface area contributed by atoms with Gasteiger partial charge in [0.05, 0.1) is 17.9 Å². The zero-order valence-corrected chi connectivity index (χ0v) is 12.7. The van der Waals surface area contributed by atoms with E-state index in [1.165, 1.54) is 0 Å². The van der Waals surface area contributed by atoms with Gasteiger partial charge < -0.3 is 11.1 Å². The lowest BCUT2D eigenvalue weighted by atomic mass is 10.1. The number of carbonyl (C=O) groups excluding carboxylic acids is 1. The highest BCUT2D eigenvalue weighted by Crippen LogP contribution is 2.20. The van der Waals surface area contributed by atoms with E-state index in [9.17, 15) is 4.79 Å². The number of rotatable bonds is 4. The Bertz CT molecular complexity index is 818. The highest BCUT2D eigenvalue weighted by Gasteiger charge is 2.10. The van der Waals surface area contributed by atoms with Crippen LogP contribution >= 0.6 is 11.3 Å². The van der Waals surface area contributed by atoms with Crippen LogP contribution in [0.4, 0.5) is 5.69 Å². The van der Waals surface area contributed by atoms with Crippen LogP contribution in [0.25, 0.3) is 4.96 Å². The predicted molar refractivity (Wildman–Crippen MR) is 84.8 cm³/mol. The minimum absolute atomic E-state index is 0.406. The van der Waals surface area contributed by atoms with Crippen LogP contribution < -0.4 is 11.1 Å². The van der Waals surface area contributed by atoms with Gasteiger partial charge in [-0.05, 0) is 37.6 Å². The first kappa shape index (κ1) is 13.6. The van der Waals surface area contributed by atoms with E-state index in [0.717, 1.165) is 27.6 Å². The van der Waals surface area contributed by atoms with Gasteiger partial charge in [0.1, 0.15) is 0 Å². The molecule has 0 fully saturated rings. The van der Waals surface area contributed by atoms with Gasteiger partial charge >= 0.3 is 0 Å². The largest absolute Gasteiger partial charge is 0.379 e. The normalized spacial score (nSPS) is 11.0. The highest BCUT2D eigenvalue weighted by atomic mass is 32.1. The van der Waals surface area contributed by atoms with E-state index in [1.807, 2.05) is 31.5 Å². The lowest BCUT2D eigenvalue weighted by molar-refractivity contribution is 0.1000. The fourth-order valence-electron chi connectivity index (χ4n) is 2.35. The molecule has 5 nitrogen and oxygen atoms in total. The van der Waals surface area contributed by atoms with Crippen molar-refractivity contribution in [3.63, 3.8) is 0 Å². The van der Waals surface area contributed by atoms with Crippen LogP contribution in [0.1, 0.15) is 27.3 Å². The van der Waals surface area contributed by atoms with E-state index < -0.39 is 5.91 Å². The summed E-state index contributed by atoms with van der Waals surface area (Å²) < 4.78 is 2.10. The summed E-state index contributed by atoms with van der Waals surface area (Å²) in [7, 11) is 0. The molecule has 0 spiro atoms. The van der Waals surface area contributed by atoms with Gasteiger partial charge in [-0.15, -0.1) is 11.3 Å². The molecule has 0 bridgehead atoms. The first-order valence-electron chi connectivity index (χ1n) is 6.61. The summed E-state index contributed by atoms with van der Waals surface area (Å²) in [5.41, 5.74) is 9.97. The third-order valence-electron chi connectivity index (χ3n) is 3.52. The number of carbonyl (C=O) groups is 1. The van der Waals surface area contributed by atoms with Gasteiger partial charge in [0.2, 0.25) is 5.91 Å². The van der Waals surface area contributed by atoms with Crippen LogP contribution in [-0.4, -0.2) is 15.3 Å². The maximum atomic E-state index is 11.2. The number of imidazole rings is 1. The Balaban J connectivity index is 1.83. The zero-order chi connectivity index (χ0) is 15.0. The molecule has 0 aliphatic rings. The number of aromatic nitrogens is 2. The summed E-state index contributed by atoms with van der Waals surface area (Å²) in [4.78, 5) is 16.7. The Hall–Kier alpha value is -2.34.